The first-order valence-corrected chi connectivity index (χ1v) is 4.70. The SMILES string of the molecule is Cc1nc(CC(=O)O)c(C(F)F)cc1C(F)(F)F. The number of aromatic nitrogens is 1. The second-order valence-electron chi connectivity index (χ2n) is 3.53. The number of carboxylic acid groups (broad SMARTS) is 1. The van der Waals surface area contributed by atoms with Gasteiger partial charge in [-0.1, -0.05) is 0 Å². The molecule has 3 nitrogen and oxygen atoms in total. The minimum Gasteiger partial charge on any atom is -0.481 e. The number of hydrogen-bond acceptors (Lipinski definition) is 2. The molecule has 0 unspecified atom stereocenters. The number of aryl methyl sites for hydroxylation is 1. The zero-order valence-electron chi connectivity index (χ0n) is 9.05. The quantitative estimate of drug-likeness (QED) is 0.858. The number of nitrogens with zero attached hydrogens (tertiary/aromatic N) is 1. The van der Waals surface area contributed by atoms with Crippen LogP contribution in [0.5, 0.6) is 0 Å². The summed E-state index contributed by atoms with van der Waals surface area (Å²) in [6.07, 6.45) is -8.87. The molecule has 0 fully saturated rings. The van der Waals surface area contributed by atoms with Gasteiger partial charge in [0.1, 0.15) is 0 Å². The van der Waals surface area contributed by atoms with E-state index in [4.69, 9.17) is 5.11 Å². The van der Waals surface area contributed by atoms with Gasteiger partial charge >= 0.3 is 12.1 Å². The van der Waals surface area contributed by atoms with Gasteiger partial charge in [0.05, 0.1) is 17.7 Å². The largest absolute Gasteiger partial charge is 0.481 e. The van der Waals surface area contributed by atoms with E-state index >= 15 is 0 Å². The smallest absolute Gasteiger partial charge is 0.418 e. The van der Waals surface area contributed by atoms with Gasteiger partial charge in [-0.2, -0.15) is 13.2 Å². The van der Waals surface area contributed by atoms with Crippen LogP contribution in [0.15, 0.2) is 6.07 Å². The fourth-order valence-corrected chi connectivity index (χ4v) is 1.43. The molecule has 0 spiro atoms. The zero-order chi connectivity index (χ0) is 14.1. The molecule has 100 valence electrons. The number of carboxylic acids is 1. The lowest BCUT2D eigenvalue weighted by Gasteiger charge is -2.14. The summed E-state index contributed by atoms with van der Waals surface area (Å²) in [4.78, 5) is 13.7. The highest BCUT2D eigenvalue weighted by Gasteiger charge is 2.35. The Balaban J connectivity index is 3.39. The van der Waals surface area contributed by atoms with Crippen molar-refractivity contribution in [3.8, 4) is 0 Å². The molecule has 0 aliphatic rings. The van der Waals surface area contributed by atoms with Crippen molar-refractivity contribution in [3.05, 3.63) is 28.6 Å². The van der Waals surface area contributed by atoms with Crippen LogP contribution in [0.1, 0.15) is 28.9 Å². The standard InChI is InChI=1S/C10H8F5NO2/c1-4-6(10(13,14)15)2-5(9(11)12)7(16-4)3-8(17)18/h2,9H,3H2,1H3,(H,17,18). The van der Waals surface area contributed by atoms with E-state index < -0.39 is 47.5 Å². The maximum Gasteiger partial charge on any atom is 0.418 e. The van der Waals surface area contributed by atoms with Gasteiger partial charge in [0, 0.05) is 11.3 Å². The Labute approximate surface area is 98.3 Å². The first kappa shape index (κ1) is 14.3. The Morgan fingerprint density at radius 3 is 2.39 bits per heavy atom. The van der Waals surface area contributed by atoms with Gasteiger partial charge in [-0.25, -0.2) is 8.78 Å². The molecule has 1 aromatic rings. The van der Waals surface area contributed by atoms with Crippen molar-refractivity contribution in [1.29, 1.82) is 0 Å². The number of halogens is 5. The molecular weight excluding hydrogens is 261 g/mol. The summed E-state index contributed by atoms with van der Waals surface area (Å²) in [7, 11) is 0. The van der Waals surface area contributed by atoms with Crippen molar-refractivity contribution in [3.63, 3.8) is 0 Å². The molecule has 0 bridgehead atoms. The third-order valence-corrected chi connectivity index (χ3v) is 2.18. The van der Waals surface area contributed by atoms with E-state index in [2.05, 4.69) is 4.98 Å². The van der Waals surface area contributed by atoms with Crippen molar-refractivity contribution in [2.45, 2.75) is 25.9 Å². The molecule has 1 aromatic heterocycles. The van der Waals surface area contributed by atoms with Gasteiger partial charge in [-0.15, -0.1) is 0 Å². The number of hydrogen-bond donors (Lipinski definition) is 1. The van der Waals surface area contributed by atoms with E-state index in [0.29, 0.717) is 0 Å². The molecule has 1 heterocycles. The molecule has 8 heteroatoms. The third kappa shape index (κ3) is 3.14. The minimum atomic E-state index is -4.80. The van der Waals surface area contributed by atoms with Crippen molar-refractivity contribution < 1.29 is 31.9 Å². The lowest BCUT2D eigenvalue weighted by Crippen LogP contribution is -2.14. The first-order valence-electron chi connectivity index (χ1n) is 4.70. The van der Waals surface area contributed by atoms with Crippen molar-refractivity contribution in [2.24, 2.45) is 0 Å². The van der Waals surface area contributed by atoms with Gasteiger partial charge in [-0.3, -0.25) is 9.78 Å². The third-order valence-electron chi connectivity index (χ3n) is 2.18. The van der Waals surface area contributed by atoms with Gasteiger partial charge in [-0.05, 0) is 13.0 Å². The van der Waals surface area contributed by atoms with Crippen LogP contribution >= 0.6 is 0 Å². The maximum absolute atomic E-state index is 12.6. The molecule has 1 rings (SSSR count). The predicted molar refractivity (Wildman–Crippen MR) is 50.3 cm³/mol. The summed E-state index contributed by atoms with van der Waals surface area (Å²) in [5.74, 6) is -1.44. The highest BCUT2D eigenvalue weighted by molar-refractivity contribution is 5.70. The predicted octanol–water partition coefficient (Wildman–Crippen LogP) is 2.97. The molecule has 0 aliphatic heterocycles. The van der Waals surface area contributed by atoms with E-state index in [9.17, 15) is 26.7 Å². The van der Waals surface area contributed by atoms with Crippen LogP contribution in [0.25, 0.3) is 0 Å². The highest BCUT2D eigenvalue weighted by atomic mass is 19.4. The molecule has 0 aromatic carbocycles. The number of pyridine rings is 1. The summed E-state index contributed by atoms with van der Waals surface area (Å²) >= 11 is 0. The van der Waals surface area contributed by atoms with E-state index in [1.54, 1.807) is 0 Å². The molecule has 1 N–H and O–H groups in total. The average molecular weight is 269 g/mol. The number of carbonyl (C=O) groups is 1. The first-order chi connectivity index (χ1) is 8.12. The Hall–Kier alpha value is -1.73. The molecule has 0 atom stereocenters. The minimum absolute atomic E-state index is 0.255. The molecule has 0 aliphatic carbocycles. The summed E-state index contributed by atoms with van der Waals surface area (Å²) in [5, 5.41) is 8.49. The molecular formula is C10H8F5NO2. The lowest BCUT2D eigenvalue weighted by molar-refractivity contribution is -0.138. The maximum atomic E-state index is 12.6. The van der Waals surface area contributed by atoms with Gasteiger partial charge < -0.3 is 5.11 Å². The molecule has 0 amide bonds. The summed E-state index contributed by atoms with van der Waals surface area (Å²) < 4.78 is 62.6. The molecule has 0 radical (unpaired) electrons. The monoisotopic (exact) mass is 269 g/mol. The van der Waals surface area contributed by atoms with Gasteiger partial charge in [0.15, 0.2) is 0 Å². The zero-order valence-corrected chi connectivity index (χ0v) is 9.05. The van der Waals surface area contributed by atoms with Gasteiger partial charge in [0.25, 0.3) is 6.43 Å². The normalized spacial score (nSPS) is 11.9. The van der Waals surface area contributed by atoms with Crippen molar-refractivity contribution in [2.75, 3.05) is 0 Å². The van der Waals surface area contributed by atoms with Crippen LogP contribution in [-0.2, 0) is 17.4 Å². The van der Waals surface area contributed by atoms with E-state index in [1.807, 2.05) is 0 Å². The lowest BCUT2D eigenvalue weighted by atomic mass is 10.1. The van der Waals surface area contributed by atoms with E-state index in [0.717, 1.165) is 6.92 Å². The summed E-state index contributed by atoms with van der Waals surface area (Å²) in [5.41, 5.74) is -3.37. The van der Waals surface area contributed by atoms with Crippen LogP contribution in [0, 0.1) is 6.92 Å². The average Bonchev–Trinajstić information content (AvgIpc) is 2.13. The Morgan fingerprint density at radius 2 is 2.00 bits per heavy atom. The van der Waals surface area contributed by atoms with Crippen LogP contribution < -0.4 is 0 Å². The van der Waals surface area contributed by atoms with Crippen molar-refractivity contribution >= 4 is 5.97 Å². The number of aliphatic carboxylic acids is 1. The number of rotatable bonds is 3. The molecule has 0 saturated heterocycles. The van der Waals surface area contributed by atoms with E-state index in [-0.39, 0.29) is 6.07 Å². The fraction of sp³-hybridized carbons (Fsp3) is 0.400. The van der Waals surface area contributed by atoms with Crippen molar-refractivity contribution in [1.82, 2.24) is 4.98 Å². The molecule has 18 heavy (non-hydrogen) atoms. The molecule has 0 saturated carbocycles. The second-order valence-corrected chi connectivity index (χ2v) is 3.53. The van der Waals surface area contributed by atoms with Crippen LogP contribution in [0.2, 0.25) is 0 Å². The van der Waals surface area contributed by atoms with Crippen LogP contribution in [-0.4, -0.2) is 16.1 Å². The Morgan fingerprint density at radius 1 is 1.44 bits per heavy atom. The fourth-order valence-electron chi connectivity index (χ4n) is 1.43. The Kier molecular flexibility index (Phi) is 3.88. The van der Waals surface area contributed by atoms with E-state index in [1.165, 1.54) is 0 Å². The Bertz CT molecular complexity index is 470. The summed E-state index contributed by atoms with van der Waals surface area (Å²) in [6.45, 7) is 0.990. The summed E-state index contributed by atoms with van der Waals surface area (Å²) in [6, 6.07) is 0.255. The van der Waals surface area contributed by atoms with Crippen LogP contribution in [0.3, 0.4) is 0 Å². The highest BCUT2D eigenvalue weighted by Crippen LogP contribution is 2.34. The van der Waals surface area contributed by atoms with Gasteiger partial charge in [0.2, 0.25) is 0 Å². The van der Waals surface area contributed by atoms with Crippen LogP contribution in [0.4, 0.5) is 22.0 Å². The topological polar surface area (TPSA) is 50.2 Å². The second kappa shape index (κ2) is 4.87. The number of alkyl halides is 5.